The second kappa shape index (κ2) is 6.62. The summed E-state index contributed by atoms with van der Waals surface area (Å²) >= 11 is 0. The summed E-state index contributed by atoms with van der Waals surface area (Å²) in [6.07, 6.45) is 2.18. The third kappa shape index (κ3) is 3.06. The van der Waals surface area contributed by atoms with Gasteiger partial charge in [0.25, 0.3) is 0 Å². The van der Waals surface area contributed by atoms with Crippen LogP contribution in [-0.2, 0) is 20.7 Å². The molecule has 1 aliphatic carbocycles. The average molecular weight is 403 g/mol. The summed E-state index contributed by atoms with van der Waals surface area (Å²) < 4.78 is 16.5. The second-order valence-electron chi connectivity index (χ2n) is 9.39. The number of likely N-dealkylation sites (tertiary alicyclic amines) is 1. The van der Waals surface area contributed by atoms with E-state index in [2.05, 4.69) is 0 Å². The van der Waals surface area contributed by atoms with Crippen molar-refractivity contribution in [3.05, 3.63) is 23.8 Å². The van der Waals surface area contributed by atoms with Gasteiger partial charge in [0.2, 0.25) is 12.7 Å². The fraction of sp³-hybridized carbons (Fsp3) is 0.636. The van der Waals surface area contributed by atoms with E-state index in [4.69, 9.17) is 14.2 Å². The van der Waals surface area contributed by atoms with Crippen molar-refractivity contribution < 1.29 is 28.9 Å². The predicted molar refractivity (Wildman–Crippen MR) is 104 cm³/mol. The van der Waals surface area contributed by atoms with Crippen LogP contribution in [0.25, 0.3) is 0 Å². The Hall–Kier alpha value is -2.28. The molecular formula is C22H29NO6. The lowest BCUT2D eigenvalue weighted by Gasteiger charge is -2.52. The number of nitrogens with zero attached hydrogens (tertiary/aromatic N) is 1. The van der Waals surface area contributed by atoms with Crippen LogP contribution in [-0.4, -0.2) is 47.0 Å². The number of esters is 1. The number of piperidine rings is 1. The van der Waals surface area contributed by atoms with Gasteiger partial charge < -0.3 is 24.2 Å². The van der Waals surface area contributed by atoms with E-state index in [0.29, 0.717) is 37.2 Å². The van der Waals surface area contributed by atoms with Crippen molar-refractivity contribution in [1.82, 2.24) is 4.90 Å². The maximum absolute atomic E-state index is 13.3. The minimum absolute atomic E-state index is 0.149. The van der Waals surface area contributed by atoms with Gasteiger partial charge in [0.05, 0.1) is 0 Å². The van der Waals surface area contributed by atoms with Crippen LogP contribution in [0.2, 0.25) is 0 Å². The molecule has 2 aliphatic heterocycles. The van der Waals surface area contributed by atoms with Crippen LogP contribution in [0.3, 0.4) is 0 Å². The Labute approximate surface area is 170 Å². The average Bonchev–Trinajstić information content (AvgIpc) is 3.21. The normalized spacial score (nSPS) is 31.0. The molecule has 2 heterocycles. The highest BCUT2D eigenvalue weighted by Gasteiger charge is 2.69. The first kappa shape index (κ1) is 20.0. The molecule has 1 saturated carbocycles. The number of carbonyl (C=O) groups excluding carboxylic acids is 2. The van der Waals surface area contributed by atoms with Gasteiger partial charge in [-0.25, -0.2) is 0 Å². The van der Waals surface area contributed by atoms with E-state index in [-0.39, 0.29) is 25.0 Å². The number of fused-ring (bicyclic) bond motifs is 2. The lowest BCUT2D eigenvalue weighted by molar-refractivity contribution is -0.231. The molecule has 3 aliphatic rings. The number of hydrogen-bond donors (Lipinski definition) is 1. The van der Waals surface area contributed by atoms with E-state index in [0.717, 1.165) is 5.56 Å². The van der Waals surface area contributed by atoms with Crippen LogP contribution in [0.15, 0.2) is 18.2 Å². The molecule has 29 heavy (non-hydrogen) atoms. The molecule has 7 nitrogen and oxygen atoms in total. The fourth-order valence-electron chi connectivity index (χ4n) is 5.11. The van der Waals surface area contributed by atoms with Crippen LogP contribution in [0.4, 0.5) is 0 Å². The molecule has 4 rings (SSSR count). The Kier molecular flexibility index (Phi) is 4.57. The molecule has 1 N–H and O–H groups in total. The number of aliphatic hydroxyl groups is 1. The molecule has 7 heteroatoms. The largest absolute Gasteiger partial charge is 0.459 e. The summed E-state index contributed by atoms with van der Waals surface area (Å²) in [6.45, 7) is 5.65. The maximum Gasteiger partial charge on any atom is 0.317 e. The Balaban J connectivity index is 1.67. The van der Waals surface area contributed by atoms with Gasteiger partial charge in [-0.1, -0.05) is 6.07 Å². The second-order valence-corrected chi connectivity index (χ2v) is 9.39. The van der Waals surface area contributed by atoms with Crippen LogP contribution in [0.5, 0.6) is 11.5 Å². The van der Waals surface area contributed by atoms with Gasteiger partial charge in [0.15, 0.2) is 17.2 Å². The molecule has 0 unspecified atom stereocenters. The number of carbonyl (C=O) groups is 2. The van der Waals surface area contributed by atoms with Crippen molar-refractivity contribution in [2.45, 2.75) is 64.2 Å². The standard InChI is InChI=1S/C22H29NO6/c1-20(2,3)29-19(25)21-9-7-15(22(21,26)23(4)18(24)8-10-21)11-14-5-6-16-17(12-14)28-13-27-16/h5-6,12,15,26H,7-11,13H2,1-4H3/t15-,21+,22-/m1/s1. The molecular weight excluding hydrogens is 374 g/mol. The summed E-state index contributed by atoms with van der Waals surface area (Å²) in [6, 6.07) is 5.70. The number of hydrogen-bond acceptors (Lipinski definition) is 6. The van der Waals surface area contributed by atoms with Gasteiger partial charge in [-0.05, 0) is 64.2 Å². The topological polar surface area (TPSA) is 85.3 Å². The first-order chi connectivity index (χ1) is 13.6. The number of benzene rings is 1. The molecule has 2 fully saturated rings. The van der Waals surface area contributed by atoms with Crippen molar-refractivity contribution in [2.75, 3.05) is 13.8 Å². The maximum atomic E-state index is 13.3. The third-order valence-corrected chi connectivity index (χ3v) is 6.55. The predicted octanol–water partition coefficient (Wildman–Crippen LogP) is 2.64. The van der Waals surface area contributed by atoms with E-state index in [9.17, 15) is 14.7 Å². The monoisotopic (exact) mass is 403 g/mol. The van der Waals surface area contributed by atoms with E-state index in [1.807, 2.05) is 39.0 Å². The first-order valence-corrected chi connectivity index (χ1v) is 10.2. The van der Waals surface area contributed by atoms with Crippen molar-refractivity contribution in [3.63, 3.8) is 0 Å². The zero-order valence-corrected chi connectivity index (χ0v) is 17.5. The van der Waals surface area contributed by atoms with Crippen molar-refractivity contribution >= 4 is 11.9 Å². The van der Waals surface area contributed by atoms with E-state index in [1.54, 1.807) is 7.05 Å². The Morgan fingerprint density at radius 2 is 2.00 bits per heavy atom. The third-order valence-electron chi connectivity index (χ3n) is 6.55. The molecule has 0 radical (unpaired) electrons. The zero-order chi connectivity index (χ0) is 21.0. The molecule has 0 aromatic heterocycles. The van der Waals surface area contributed by atoms with Crippen molar-refractivity contribution in [1.29, 1.82) is 0 Å². The lowest BCUT2D eigenvalue weighted by Crippen LogP contribution is -2.67. The van der Waals surface area contributed by atoms with Crippen molar-refractivity contribution in [3.8, 4) is 11.5 Å². The van der Waals surface area contributed by atoms with Crippen LogP contribution < -0.4 is 9.47 Å². The molecule has 0 bridgehead atoms. The smallest absolute Gasteiger partial charge is 0.317 e. The lowest BCUT2D eigenvalue weighted by atomic mass is 9.69. The highest BCUT2D eigenvalue weighted by Crippen LogP contribution is 2.58. The molecule has 1 saturated heterocycles. The van der Waals surface area contributed by atoms with Crippen LogP contribution in [0.1, 0.15) is 52.0 Å². The van der Waals surface area contributed by atoms with Crippen molar-refractivity contribution in [2.24, 2.45) is 11.3 Å². The molecule has 1 aromatic rings. The zero-order valence-electron chi connectivity index (χ0n) is 17.5. The summed E-state index contributed by atoms with van der Waals surface area (Å²) in [5, 5.41) is 11.9. The van der Waals surface area contributed by atoms with Crippen LogP contribution >= 0.6 is 0 Å². The highest BCUT2D eigenvalue weighted by molar-refractivity contribution is 5.86. The van der Waals surface area contributed by atoms with E-state index in [1.165, 1.54) is 4.90 Å². The van der Waals surface area contributed by atoms with E-state index >= 15 is 0 Å². The molecule has 0 spiro atoms. The number of rotatable bonds is 3. The molecule has 3 atom stereocenters. The SMILES string of the molecule is CN1C(=O)CC[C@]2(C(=O)OC(C)(C)C)CC[C@H](Cc3ccc4c(c3)OCO4)[C@]12O. The Bertz CT molecular complexity index is 846. The molecule has 1 amide bonds. The molecule has 158 valence electrons. The summed E-state index contributed by atoms with van der Waals surface area (Å²) in [4.78, 5) is 27.2. The van der Waals surface area contributed by atoms with Crippen LogP contribution in [0, 0.1) is 11.3 Å². The summed E-state index contributed by atoms with van der Waals surface area (Å²) in [5.74, 6) is 0.528. The Morgan fingerprint density at radius 1 is 1.28 bits per heavy atom. The van der Waals surface area contributed by atoms with Gasteiger partial charge in [-0.15, -0.1) is 0 Å². The Morgan fingerprint density at radius 3 is 2.72 bits per heavy atom. The van der Waals surface area contributed by atoms with Gasteiger partial charge in [-0.2, -0.15) is 0 Å². The van der Waals surface area contributed by atoms with E-state index < -0.39 is 22.7 Å². The number of ether oxygens (including phenoxy) is 3. The highest BCUT2D eigenvalue weighted by atomic mass is 16.7. The first-order valence-electron chi connectivity index (χ1n) is 10.2. The summed E-state index contributed by atoms with van der Waals surface area (Å²) in [5.41, 5.74) is -2.38. The molecule has 1 aromatic carbocycles. The van der Waals surface area contributed by atoms with Gasteiger partial charge in [0, 0.05) is 19.4 Å². The fourth-order valence-corrected chi connectivity index (χ4v) is 5.11. The summed E-state index contributed by atoms with van der Waals surface area (Å²) in [7, 11) is 1.60. The van der Waals surface area contributed by atoms with Gasteiger partial charge >= 0.3 is 5.97 Å². The quantitative estimate of drug-likeness (QED) is 0.781. The van der Waals surface area contributed by atoms with Gasteiger partial charge in [0.1, 0.15) is 11.0 Å². The van der Waals surface area contributed by atoms with Gasteiger partial charge in [-0.3, -0.25) is 9.59 Å². The minimum Gasteiger partial charge on any atom is -0.459 e. The minimum atomic E-state index is -1.58. The number of amides is 1.